The highest BCUT2D eigenvalue weighted by molar-refractivity contribution is 14.0. The Morgan fingerprint density at radius 1 is 1.46 bits per heavy atom. The number of guanidine groups is 1. The van der Waals surface area contributed by atoms with E-state index in [0.29, 0.717) is 11.3 Å². The highest BCUT2D eigenvalue weighted by atomic mass is 127. The molecule has 0 aromatic heterocycles. The first-order valence-electron chi connectivity index (χ1n) is 8.05. The molecule has 136 valence electrons. The average Bonchev–Trinajstić information content (AvgIpc) is 3.06. The topological polar surface area (TPSA) is 48.9 Å². The smallest absolute Gasteiger partial charge is 0.191 e. The molecule has 1 saturated heterocycles. The lowest BCUT2D eigenvalue weighted by atomic mass is 10.2. The van der Waals surface area contributed by atoms with Gasteiger partial charge in [0, 0.05) is 38.0 Å². The molecule has 1 aliphatic rings. The van der Waals surface area contributed by atoms with Gasteiger partial charge in [-0.2, -0.15) is 11.8 Å². The van der Waals surface area contributed by atoms with Crippen LogP contribution in [0, 0.1) is 0 Å². The molecule has 0 aliphatic carbocycles. The summed E-state index contributed by atoms with van der Waals surface area (Å²) < 4.78 is 5.47. The van der Waals surface area contributed by atoms with Crippen LogP contribution in [0.5, 0.6) is 5.75 Å². The molecule has 1 aromatic carbocycles. The summed E-state index contributed by atoms with van der Waals surface area (Å²) >= 11 is 1.85. The predicted molar refractivity (Wildman–Crippen MR) is 117 cm³/mol. The van der Waals surface area contributed by atoms with Crippen molar-refractivity contribution in [3.05, 3.63) is 24.3 Å². The maximum atomic E-state index is 5.47. The Hall–Kier alpha value is -0.830. The van der Waals surface area contributed by atoms with Crippen molar-refractivity contribution in [3.8, 4) is 5.75 Å². The zero-order chi connectivity index (χ0) is 16.7. The van der Waals surface area contributed by atoms with Crippen LogP contribution < -0.4 is 20.3 Å². The molecule has 0 bridgehead atoms. The van der Waals surface area contributed by atoms with E-state index >= 15 is 0 Å². The van der Waals surface area contributed by atoms with E-state index in [4.69, 9.17) is 4.74 Å². The Morgan fingerprint density at radius 2 is 2.21 bits per heavy atom. The third-order valence-corrected chi connectivity index (χ3v) is 5.11. The molecule has 1 aliphatic heterocycles. The zero-order valence-corrected chi connectivity index (χ0v) is 18.1. The monoisotopic (exact) mass is 464 g/mol. The van der Waals surface area contributed by atoms with Crippen molar-refractivity contribution in [2.75, 3.05) is 44.9 Å². The second-order valence-corrected chi connectivity index (χ2v) is 7.02. The molecule has 5 nitrogen and oxygen atoms in total. The summed E-state index contributed by atoms with van der Waals surface area (Å²) in [5.74, 6) is 1.82. The Morgan fingerprint density at radius 3 is 2.88 bits per heavy atom. The fourth-order valence-electron chi connectivity index (χ4n) is 2.70. The van der Waals surface area contributed by atoms with Crippen molar-refractivity contribution in [1.29, 1.82) is 0 Å². The summed E-state index contributed by atoms with van der Waals surface area (Å²) in [6.45, 7) is 5.11. The molecule has 2 unspecified atom stereocenters. The molecule has 1 heterocycles. The van der Waals surface area contributed by atoms with Gasteiger partial charge in [-0.25, -0.2) is 0 Å². The Bertz CT molecular complexity index is 529. The number of thioether (sulfide) groups is 1. The van der Waals surface area contributed by atoms with Gasteiger partial charge in [-0.1, -0.05) is 19.1 Å². The minimum Gasteiger partial charge on any atom is -0.495 e. The minimum absolute atomic E-state index is 0. The summed E-state index contributed by atoms with van der Waals surface area (Å²) in [7, 11) is 3.55. The first-order valence-corrected chi connectivity index (χ1v) is 9.34. The van der Waals surface area contributed by atoms with E-state index in [1.807, 2.05) is 30.9 Å². The van der Waals surface area contributed by atoms with Crippen molar-refractivity contribution in [2.45, 2.75) is 24.6 Å². The number of benzene rings is 1. The van der Waals surface area contributed by atoms with E-state index in [9.17, 15) is 0 Å². The minimum atomic E-state index is 0. The number of ether oxygens (including phenoxy) is 1. The second kappa shape index (κ2) is 10.9. The van der Waals surface area contributed by atoms with Crippen molar-refractivity contribution in [3.63, 3.8) is 0 Å². The molecule has 0 saturated carbocycles. The molecule has 7 heteroatoms. The van der Waals surface area contributed by atoms with E-state index in [0.717, 1.165) is 37.8 Å². The van der Waals surface area contributed by atoms with Gasteiger partial charge in [0.1, 0.15) is 5.75 Å². The van der Waals surface area contributed by atoms with E-state index in [1.165, 1.54) is 5.69 Å². The van der Waals surface area contributed by atoms with Gasteiger partial charge in [-0.15, -0.1) is 24.0 Å². The Labute approximate surface area is 167 Å². The van der Waals surface area contributed by atoms with Crippen molar-refractivity contribution >= 4 is 47.4 Å². The number of hydrogen-bond acceptors (Lipinski definition) is 4. The summed E-state index contributed by atoms with van der Waals surface area (Å²) in [5, 5.41) is 7.50. The van der Waals surface area contributed by atoms with Crippen LogP contribution in [0.25, 0.3) is 0 Å². The van der Waals surface area contributed by atoms with Crippen LogP contribution in [0.15, 0.2) is 29.3 Å². The lowest BCUT2D eigenvalue weighted by Gasteiger charge is -2.22. The molecule has 0 spiro atoms. The van der Waals surface area contributed by atoms with Crippen molar-refractivity contribution in [2.24, 2.45) is 4.99 Å². The summed E-state index contributed by atoms with van der Waals surface area (Å²) in [6, 6.07) is 8.60. The van der Waals surface area contributed by atoms with Gasteiger partial charge in [0.15, 0.2) is 5.96 Å². The Balaban J connectivity index is 0.00000288. The van der Waals surface area contributed by atoms with Crippen molar-refractivity contribution < 1.29 is 4.74 Å². The number of halogens is 1. The third-order valence-electron chi connectivity index (χ3n) is 4.14. The van der Waals surface area contributed by atoms with Gasteiger partial charge in [-0.3, -0.25) is 4.99 Å². The quantitative estimate of drug-likeness (QED) is 0.385. The summed E-state index contributed by atoms with van der Waals surface area (Å²) in [4.78, 5) is 6.70. The van der Waals surface area contributed by atoms with Crippen LogP contribution in [0.2, 0.25) is 0 Å². The highest BCUT2D eigenvalue weighted by Crippen LogP contribution is 2.30. The maximum absolute atomic E-state index is 5.47. The molecule has 24 heavy (non-hydrogen) atoms. The van der Waals surface area contributed by atoms with E-state index in [2.05, 4.69) is 45.8 Å². The maximum Gasteiger partial charge on any atom is 0.191 e. The zero-order valence-electron chi connectivity index (χ0n) is 14.9. The van der Waals surface area contributed by atoms with Crippen LogP contribution in [0.3, 0.4) is 0 Å². The molecule has 2 rings (SSSR count). The highest BCUT2D eigenvalue weighted by Gasteiger charge is 2.25. The lowest BCUT2D eigenvalue weighted by molar-refractivity contribution is 0.415. The summed E-state index contributed by atoms with van der Waals surface area (Å²) in [6.07, 6.45) is 3.22. The molecule has 1 aromatic rings. The standard InChI is InChI=1S/C17H28N4OS.HI/c1-13(23-4)11-19-17(18-2)20-14-9-10-21(12-14)15-7-5-6-8-16(15)22-3;/h5-8,13-14H,9-12H2,1-4H3,(H2,18,19,20);1H. The van der Waals surface area contributed by atoms with Gasteiger partial charge >= 0.3 is 0 Å². The van der Waals surface area contributed by atoms with Crippen LogP contribution in [-0.2, 0) is 0 Å². The number of rotatable bonds is 6. The second-order valence-electron chi connectivity index (χ2n) is 5.75. The molecule has 1 fully saturated rings. The normalized spacial score (nSPS) is 18.8. The van der Waals surface area contributed by atoms with Crippen LogP contribution >= 0.6 is 35.7 Å². The number of aliphatic imine (C=N–C) groups is 1. The van der Waals surface area contributed by atoms with E-state index < -0.39 is 0 Å². The van der Waals surface area contributed by atoms with E-state index in [1.54, 1.807) is 7.11 Å². The number of para-hydroxylation sites is 2. The van der Waals surface area contributed by atoms with Gasteiger partial charge in [0.05, 0.1) is 12.8 Å². The average molecular weight is 464 g/mol. The molecule has 0 amide bonds. The van der Waals surface area contributed by atoms with Crippen LogP contribution in [0.4, 0.5) is 5.69 Å². The molecule has 2 N–H and O–H groups in total. The fraction of sp³-hybridized carbons (Fsp3) is 0.588. The molecule has 2 atom stereocenters. The lowest BCUT2D eigenvalue weighted by Crippen LogP contribution is -2.46. The first kappa shape index (κ1) is 21.2. The first-order chi connectivity index (χ1) is 11.2. The molecular weight excluding hydrogens is 435 g/mol. The third kappa shape index (κ3) is 5.91. The number of hydrogen-bond donors (Lipinski definition) is 2. The Kier molecular flexibility index (Phi) is 9.65. The molecule has 0 radical (unpaired) electrons. The van der Waals surface area contributed by atoms with Gasteiger partial charge < -0.3 is 20.3 Å². The number of methoxy groups -OCH3 is 1. The largest absolute Gasteiger partial charge is 0.495 e. The van der Waals surface area contributed by atoms with Crippen molar-refractivity contribution in [1.82, 2.24) is 10.6 Å². The summed E-state index contributed by atoms with van der Waals surface area (Å²) in [5.41, 5.74) is 1.17. The fourth-order valence-corrected chi connectivity index (χ4v) is 2.95. The number of nitrogens with one attached hydrogen (secondary N) is 2. The predicted octanol–water partition coefficient (Wildman–Crippen LogP) is 2.81. The number of anilines is 1. The van der Waals surface area contributed by atoms with Crippen LogP contribution in [-0.4, -0.2) is 57.3 Å². The SMILES string of the molecule is CN=C(NCC(C)SC)NC1CCN(c2ccccc2OC)C1.I. The van der Waals surface area contributed by atoms with Gasteiger partial charge in [0.25, 0.3) is 0 Å². The van der Waals surface area contributed by atoms with Gasteiger partial charge in [0.2, 0.25) is 0 Å². The van der Waals surface area contributed by atoms with Crippen LogP contribution in [0.1, 0.15) is 13.3 Å². The van der Waals surface area contributed by atoms with E-state index in [-0.39, 0.29) is 24.0 Å². The molecular formula is C17H29IN4OS. The van der Waals surface area contributed by atoms with Gasteiger partial charge in [-0.05, 0) is 24.8 Å². The number of nitrogens with zero attached hydrogens (tertiary/aromatic N) is 2.